The normalized spacial score (nSPS) is 15.4. The Balaban J connectivity index is 2.80. The number of ether oxygens (including phenoxy) is 1. The molecule has 0 aliphatic heterocycles. The molecule has 0 bridgehead atoms. The molecule has 27 heavy (non-hydrogen) atoms. The molecule has 0 amide bonds. The zero-order chi connectivity index (χ0) is 20.8. The smallest absolute Gasteiger partial charge is 0.310 e. The van der Waals surface area contributed by atoms with Crippen molar-refractivity contribution in [1.82, 2.24) is 9.78 Å². The van der Waals surface area contributed by atoms with Crippen molar-refractivity contribution in [1.29, 1.82) is 5.26 Å². The minimum absolute atomic E-state index is 0.00255. The highest BCUT2D eigenvalue weighted by Gasteiger charge is 2.65. The maximum atomic E-state index is 13.0. The second-order valence-corrected chi connectivity index (χ2v) is 9.35. The highest BCUT2D eigenvalue weighted by atomic mass is 35.5. The van der Waals surface area contributed by atoms with Gasteiger partial charge in [-0.25, -0.2) is 4.21 Å². The van der Waals surface area contributed by atoms with Gasteiger partial charge in [-0.2, -0.15) is 15.0 Å². The van der Waals surface area contributed by atoms with Crippen LogP contribution in [-0.2, 0) is 11.0 Å². The van der Waals surface area contributed by atoms with Crippen molar-refractivity contribution in [3.63, 3.8) is 0 Å². The molecule has 150 valence electrons. The molecule has 1 aromatic heterocycles. The molecular weight excluding hydrogens is 462 g/mol. The Morgan fingerprint density at radius 2 is 1.78 bits per heavy atom. The summed E-state index contributed by atoms with van der Waals surface area (Å²) in [5.74, 6) is -0.273. The molecule has 6 nitrogen and oxygen atoms in total. The zero-order valence-corrected chi connectivity index (χ0v) is 16.4. The molecule has 1 unspecified atom stereocenters. The second-order valence-electron chi connectivity index (χ2n) is 5.02. The summed E-state index contributed by atoms with van der Waals surface area (Å²) >= 11 is 11.5. The van der Waals surface area contributed by atoms with Crippen molar-refractivity contribution >= 4 is 50.1 Å². The van der Waals surface area contributed by atoms with Crippen LogP contribution in [0.2, 0.25) is 10.0 Å². The van der Waals surface area contributed by atoms with Crippen LogP contribution in [0.5, 0.6) is 5.88 Å². The number of hydrogen-bond donors (Lipinski definition) is 1. The Morgan fingerprint density at radius 1 is 1.26 bits per heavy atom. The average molecular weight is 471 g/mol. The highest BCUT2D eigenvalue weighted by Crippen LogP contribution is 3.02. The molecular formula is C12H9Cl2F5N4O2S2. The lowest BCUT2D eigenvalue weighted by Gasteiger charge is -2.40. The quantitative estimate of drug-likeness (QED) is 0.591. The Kier molecular flexibility index (Phi) is 4.89. The van der Waals surface area contributed by atoms with Crippen molar-refractivity contribution in [2.45, 2.75) is 4.90 Å². The van der Waals surface area contributed by atoms with Gasteiger partial charge in [-0.3, -0.25) is 4.72 Å². The van der Waals surface area contributed by atoms with E-state index in [-0.39, 0.29) is 29.4 Å². The van der Waals surface area contributed by atoms with E-state index in [0.29, 0.717) is 0 Å². The van der Waals surface area contributed by atoms with Crippen LogP contribution in [0.25, 0.3) is 5.69 Å². The van der Waals surface area contributed by atoms with E-state index in [1.807, 2.05) is 0 Å². The van der Waals surface area contributed by atoms with Gasteiger partial charge < -0.3 is 4.74 Å². The molecule has 2 rings (SSSR count). The standard InChI is InChI=1S/C12H9Cl2F5N4O2S2/c1-25-12-10(22-26(2)24)9(5-20)21-23(12)11-7(13)3-6(4-8(11)14)27(15,16,17,18)19/h3-4,22H,1-2H3. The Hall–Kier alpha value is -1.75. The maximum absolute atomic E-state index is 13.0. The van der Waals surface area contributed by atoms with Gasteiger partial charge in [-0.05, 0) is 12.1 Å². The van der Waals surface area contributed by atoms with E-state index in [0.717, 1.165) is 11.8 Å². The number of hydrogen-bond acceptors (Lipinski definition) is 4. The fourth-order valence-corrected chi connectivity index (χ4v) is 3.95. The lowest BCUT2D eigenvalue weighted by atomic mass is 10.3. The Bertz CT molecular complexity index is 982. The van der Waals surface area contributed by atoms with Gasteiger partial charge in [0.15, 0.2) is 5.69 Å². The fourth-order valence-electron chi connectivity index (χ4n) is 2.02. The first-order valence-corrected chi connectivity index (χ1v) is 10.8. The molecule has 0 fully saturated rings. The predicted octanol–water partition coefficient (Wildman–Crippen LogP) is 5.42. The van der Waals surface area contributed by atoms with Crippen molar-refractivity contribution in [3.05, 3.63) is 27.9 Å². The third-order valence-corrected chi connectivity index (χ3v) is 5.23. The van der Waals surface area contributed by atoms with E-state index in [2.05, 4.69) is 9.82 Å². The third-order valence-electron chi connectivity index (χ3n) is 3.04. The van der Waals surface area contributed by atoms with E-state index in [4.69, 9.17) is 33.2 Å². The molecule has 15 heteroatoms. The van der Waals surface area contributed by atoms with Gasteiger partial charge in [0.05, 0.1) is 17.2 Å². The molecule has 0 saturated carbocycles. The number of anilines is 1. The highest BCUT2D eigenvalue weighted by molar-refractivity contribution is 8.45. The number of benzene rings is 1. The maximum Gasteiger partial charge on any atom is 0.310 e. The van der Waals surface area contributed by atoms with Gasteiger partial charge in [-0.15, -0.1) is 0 Å². The molecule has 1 aromatic carbocycles. The van der Waals surface area contributed by atoms with Crippen LogP contribution in [0.1, 0.15) is 5.69 Å². The summed E-state index contributed by atoms with van der Waals surface area (Å²) in [5, 5.41) is 11.3. The molecule has 0 aliphatic rings. The number of nitriles is 1. The third kappa shape index (κ3) is 4.40. The number of nitrogens with zero attached hydrogens (tertiary/aromatic N) is 3. The Labute approximate surface area is 162 Å². The molecule has 0 saturated heterocycles. The van der Waals surface area contributed by atoms with Crippen LogP contribution in [0.15, 0.2) is 17.0 Å². The lowest BCUT2D eigenvalue weighted by molar-refractivity contribution is 0.364. The SMILES string of the molecule is COc1c(NS(C)=O)c(C#N)nn1-c1c(Cl)cc(S(F)(F)(F)(F)F)cc1Cl. The van der Waals surface area contributed by atoms with E-state index in [1.54, 1.807) is 6.07 Å². The van der Waals surface area contributed by atoms with Gasteiger partial charge in [0.25, 0.3) is 0 Å². The number of rotatable bonds is 5. The number of nitrogens with one attached hydrogen (secondary N) is 1. The van der Waals surface area contributed by atoms with E-state index < -0.39 is 41.8 Å². The summed E-state index contributed by atoms with van der Waals surface area (Å²) in [6.07, 6.45) is 1.24. The van der Waals surface area contributed by atoms with Gasteiger partial charge >= 0.3 is 10.2 Å². The molecule has 1 heterocycles. The number of aromatic nitrogens is 2. The first-order chi connectivity index (χ1) is 12.1. The number of halogens is 7. The summed E-state index contributed by atoms with van der Waals surface area (Å²) in [6.45, 7) is 0. The van der Waals surface area contributed by atoms with Crippen molar-refractivity contribution in [2.75, 3.05) is 18.1 Å². The van der Waals surface area contributed by atoms with Crippen LogP contribution in [0, 0.1) is 11.3 Å². The minimum Gasteiger partial charge on any atom is -0.479 e. The van der Waals surface area contributed by atoms with Crippen LogP contribution in [0.3, 0.4) is 0 Å². The second kappa shape index (κ2) is 6.13. The predicted molar refractivity (Wildman–Crippen MR) is 93.9 cm³/mol. The summed E-state index contributed by atoms with van der Waals surface area (Å²) < 4.78 is 84.6. The monoisotopic (exact) mass is 470 g/mol. The summed E-state index contributed by atoms with van der Waals surface area (Å²) in [5.41, 5.74) is -0.928. The van der Waals surface area contributed by atoms with Gasteiger partial charge in [0, 0.05) is 6.26 Å². The summed E-state index contributed by atoms with van der Waals surface area (Å²) in [6, 6.07) is 1.67. The van der Waals surface area contributed by atoms with E-state index >= 15 is 0 Å². The molecule has 0 spiro atoms. The number of methoxy groups -OCH3 is 1. The minimum atomic E-state index is -10.0. The van der Waals surface area contributed by atoms with E-state index in [9.17, 15) is 23.6 Å². The topological polar surface area (TPSA) is 79.9 Å². The van der Waals surface area contributed by atoms with Gasteiger partial charge in [0.2, 0.25) is 5.88 Å². The summed E-state index contributed by atoms with van der Waals surface area (Å²) in [4.78, 5) is -2.28. The van der Waals surface area contributed by atoms with Crippen molar-refractivity contribution in [2.24, 2.45) is 0 Å². The molecule has 0 aliphatic carbocycles. The largest absolute Gasteiger partial charge is 0.479 e. The van der Waals surface area contributed by atoms with Crippen LogP contribution in [-0.4, -0.2) is 27.4 Å². The average Bonchev–Trinajstić information content (AvgIpc) is 2.80. The fraction of sp³-hybridized carbons (Fsp3) is 0.167. The van der Waals surface area contributed by atoms with E-state index in [1.165, 1.54) is 6.26 Å². The van der Waals surface area contributed by atoms with Crippen LogP contribution in [0.4, 0.5) is 25.1 Å². The molecule has 1 atom stereocenters. The van der Waals surface area contributed by atoms with Crippen molar-refractivity contribution in [3.8, 4) is 17.6 Å². The zero-order valence-electron chi connectivity index (χ0n) is 13.3. The summed E-state index contributed by atoms with van der Waals surface area (Å²) in [7, 11) is -10.6. The molecule has 0 radical (unpaired) electrons. The Morgan fingerprint density at radius 3 is 2.15 bits per heavy atom. The van der Waals surface area contributed by atoms with Crippen LogP contribution < -0.4 is 9.46 Å². The lowest BCUT2D eigenvalue weighted by Crippen LogP contribution is -2.09. The first kappa shape index (κ1) is 21.5. The van der Waals surface area contributed by atoms with Gasteiger partial charge in [-0.1, -0.05) is 42.6 Å². The molecule has 1 N–H and O–H groups in total. The van der Waals surface area contributed by atoms with Crippen molar-refractivity contribution < 1.29 is 28.4 Å². The first-order valence-electron chi connectivity index (χ1n) is 6.49. The van der Waals surface area contributed by atoms with Crippen LogP contribution >= 0.6 is 33.4 Å². The molecule has 2 aromatic rings. The van der Waals surface area contributed by atoms with Gasteiger partial charge in [0.1, 0.15) is 33.3 Å².